The molecule has 1 fully saturated rings. The van der Waals surface area contributed by atoms with Crippen LogP contribution in [0.4, 0.5) is 11.5 Å². The molecule has 2 unspecified atom stereocenters. The maximum Gasteiger partial charge on any atom is 0.234 e. The van der Waals surface area contributed by atoms with Crippen molar-refractivity contribution in [2.45, 2.75) is 78.8 Å². The van der Waals surface area contributed by atoms with Gasteiger partial charge in [-0.1, -0.05) is 58.9 Å². The Hall–Kier alpha value is -3.00. The predicted molar refractivity (Wildman–Crippen MR) is 154 cm³/mol. The van der Waals surface area contributed by atoms with E-state index in [1.165, 1.54) is 16.1 Å². The summed E-state index contributed by atoms with van der Waals surface area (Å²) >= 11 is 0. The third-order valence-electron chi connectivity index (χ3n) is 8.07. The number of hydrogen-bond acceptors (Lipinski definition) is 6. The van der Waals surface area contributed by atoms with Crippen molar-refractivity contribution >= 4 is 17.4 Å². The monoisotopic (exact) mass is 520 g/mol. The number of aromatic nitrogens is 1. The first-order chi connectivity index (χ1) is 17.9. The van der Waals surface area contributed by atoms with E-state index in [1.807, 2.05) is 6.07 Å². The number of anilines is 2. The lowest BCUT2D eigenvalue weighted by molar-refractivity contribution is -0.124. The lowest BCUT2D eigenvalue weighted by Gasteiger charge is -2.42. The SMILES string of the molecule is CN(N=O)c1nc(C2CCC(C)(C)C(NC(=O)CN3CCc4ccccc4C3)C2)ccc1NCC(C)(C)C. The van der Waals surface area contributed by atoms with Crippen LogP contribution in [-0.2, 0) is 17.8 Å². The van der Waals surface area contributed by atoms with Crippen LogP contribution in [0.15, 0.2) is 41.7 Å². The van der Waals surface area contributed by atoms with Gasteiger partial charge in [0.15, 0.2) is 5.82 Å². The number of hydrogen-bond donors (Lipinski definition) is 2. The number of carbonyl (C=O) groups excluding carboxylic acids is 1. The highest BCUT2D eigenvalue weighted by atomic mass is 16.3. The molecule has 2 atom stereocenters. The van der Waals surface area contributed by atoms with Crippen molar-refractivity contribution in [1.82, 2.24) is 15.2 Å². The number of carbonyl (C=O) groups is 1. The number of rotatable bonds is 8. The quantitative estimate of drug-likeness (QED) is 0.353. The van der Waals surface area contributed by atoms with Crippen molar-refractivity contribution in [3.8, 4) is 0 Å². The minimum atomic E-state index is -0.00115. The Morgan fingerprint density at radius 3 is 2.63 bits per heavy atom. The largest absolute Gasteiger partial charge is 0.381 e. The van der Waals surface area contributed by atoms with Crippen LogP contribution < -0.4 is 15.6 Å². The fraction of sp³-hybridized carbons (Fsp3) is 0.600. The van der Waals surface area contributed by atoms with Gasteiger partial charge in [0.2, 0.25) is 5.91 Å². The van der Waals surface area contributed by atoms with E-state index in [2.05, 4.69) is 85.8 Å². The molecule has 38 heavy (non-hydrogen) atoms. The number of benzene rings is 1. The summed E-state index contributed by atoms with van der Waals surface area (Å²) in [6.45, 7) is 13.9. The van der Waals surface area contributed by atoms with E-state index in [0.717, 1.165) is 56.7 Å². The normalized spacial score (nSPS) is 21.3. The van der Waals surface area contributed by atoms with E-state index in [9.17, 15) is 9.70 Å². The summed E-state index contributed by atoms with van der Waals surface area (Å²) in [5.41, 5.74) is 4.54. The number of pyridine rings is 1. The smallest absolute Gasteiger partial charge is 0.234 e. The van der Waals surface area contributed by atoms with Crippen LogP contribution in [0, 0.1) is 15.7 Å². The maximum absolute atomic E-state index is 13.2. The van der Waals surface area contributed by atoms with Gasteiger partial charge in [0.1, 0.15) is 0 Å². The third-order valence-corrected chi connectivity index (χ3v) is 8.07. The molecule has 1 amide bonds. The zero-order valence-corrected chi connectivity index (χ0v) is 23.9. The molecule has 1 saturated carbocycles. The van der Waals surface area contributed by atoms with E-state index in [0.29, 0.717) is 12.4 Å². The molecular formula is C30H44N6O2. The number of nitrogens with one attached hydrogen (secondary N) is 2. The average Bonchev–Trinajstić information content (AvgIpc) is 2.87. The number of nitrogens with zero attached hydrogens (tertiary/aromatic N) is 4. The van der Waals surface area contributed by atoms with Crippen LogP contribution in [0.3, 0.4) is 0 Å². The van der Waals surface area contributed by atoms with Gasteiger partial charge in [-0.05, 0) is 59.8 Å². The van der Waals surface area contributed by atoms with E-state index < -0.39 is 0 Å². The first-order valence-corrected chi connectivity index (χ1v) is 13.9. The lowest BCUT2D eigenvalue weighted by atomic mass is 9.68. The van der Waals surface area contributed by atoms with Gasteiger partial charge in [0.05, 0.1) is 17.5 Å². The Bertz CT molecular complexity index is 1140. The molecule has 1 aliphatic heterocycles. The van der Waals surface area contributed by atoms with E-state index in [4.69, 9.17) is 4.98 Å². The summed E-state index contributed by atoms with van der Waals surface area (Å²) in [4.78, 5) is 31.7. The summed E-state index contributed by atoms with van der Waals surface area (Å²) in [5.74, 6) is 0.826. The molecule has 0 radical (unpaired) electrons. The highest BCUT2D eigenvalue weighted by molar-refractivity contribution is 5.78. The highest BCUT2D eigenvalue weighted by Gasteiger charge is 2.38. The molecule has 8 nitrogen and oxygen atoms in total. The second-order valence-electron chi connectivity index (χ2n) is 12.9. The topological polar surface area (TPSA) is 89.9 Å². The van der Waals surface area contributed by atoms with Crippen LogP contribution in [0.1, 0.15) is 76.6 Å². The predicted octanol–water partition coefficient (Wildman–Crippen LogP) is 5.49. The Balaban J connectivity index is 1.44. The molecule has 206 valence electrons. The van der Waals surface area contributed by atoms with E-state index in [1.54, 1.807) is 7.05 Å². The van der Waals surface area contributed by atoms with Gasteiger partial charge in [0.25, 0.3) is 0 Å². The number of fused-ring (bicyclic) bond motifs is 1. The fourth-order valence-corrected chi connectivity index (χ4v) is 5.57. The Labute approximate surface area is 227 Å². The molecule has 0 saturated heterocycles. The number of amides is 1. The summed E-state index contributed by atoms with van der Waals surface area (Å²) in [6.07, 6.45) is 3.78. The molecule has 0 bridgehead atoms. The highest BCUT2D eigenvalue weighted by Crippen LogP contribution is 2.43. The van der Waals surface area contributed by atoms with Crippen molar-refractivity contribution in [3.05, 3.63) is 58.1 Å². The van der Waals surface area contributed by atoms with Crippen LogP contribution in [0.25, 0.3) is 0 Å². The molecule has 8 heteroatoms. The van der Waals surface area contributed by atoms with Crippen molar-refractivity contribution in [3.63, 3.8) is 0 Å². The molecule has 2 N–H and O–H groups in total. The zero-order valence-electron chi connectivity index (χ0n) is 23.9. The van der Waals surface area contributed by atoms with Crippen molar-refractivity contribution < 1.29 is 4.79 Å². The molecular weight excluding hydrogens is 476 g/mol. The third kappa shape index (κ3) is 6.90. The minimum Gasteiger partial charge on any atom is -0.381 e. The summed E-state index contributed by atoms with van der Waals surface area (Å²) in [5, 5.41) is 11.2. The minimum absolute atomic E-state index is 0.00115. The van der Waals surface area contributed by atoms with E-state index in [-0.39, 0.29) is 28.7 Å². The summed E-state index contributed by atoms with van der Waals surface area (Å²) in [7, 11) is 1.63. The zero-order chi connectivity index (χ0) is 27.5. The van der Waals surface area contributed by atoms with Gasteiger partial charge >= 0.3 is 0 Å². The van der Waals surface area contributed by atoms with Gasteiger partial charge in [-0.15, -0.1) is 4.91 Å². The fourth-order valence-electron chi connectivity index (χ4n) is 5.57. The van der Waals surface area contributed by atoms with Crippen LogP contribution in [0.2, 0.25) is 0 Å². The van der Waals surface area contributed by atoms with Crippen molar-refractivity contribution in [2.75, 3.05) is 37.0 Å². The molecule has 4 rings (SSSR count). The first-order valence-electron chi connectivity index (χ1n) is 13.9. The van der Waals surface area contributed by atoms with Crippen molar-refractivity contribution in [2.24, 2.45) is 16.1 Å². The molecule has 2 aromatic rings. The maximum atomic E-state index is 13.2. The Morgan fingerprint density at radius 2 is 1.92 bits per heavy atom. The van der Waals surface area contributed by atoms with E-state index >= 15 is 0 Å². The molecule has 0 spiro atoms. The average molecular weight is 521 g/mol. The molecule has 1 aliphatic carbocycles. The van der Waals surface area contributed by atoms with Gasteiger partial charge in [0, 0.05) is 44.3 Å². The van der Waals surface area contributed by atoms with Crippen LogP contribution in [-0.4, -0.2) is 48.5 Å². The second kappa shape index (κ2) is 11.4. The van der Waals surface area contributed by atoms with Crippen LogP contribution in [0.5, 0.6) is 0 Å². The Morgan fingerprint density at radius 1 is 1.18 bits per heavy atom. The molecule has 1 aromatic heterocycles. The van der Waals surface area contributed by atoms with Crippen molar-refractivity contribution in [1.29, 1.82) is 0 Å². The lowest BCUT2D eigenvalue weighted by Crippen LogP contribution is -2.51. The Kier molecular flexibility index (Phi) is 8.40. The van der Waals surface area contributed by atoms with Gasteiger partial charge in [-0.25, -0.2) is 9.99 Å². The van der Waals surface area contributed by atoms with Gasteiger partial charge < -0.3 is 10.6 Å². The number of nitroso groups, excluding NO2 is 1. The first kappa shape index (κ1) is 28.0. The second-order valence-corrected chi connectivity index (χ2v) is 12.9. The standard InChI is InChI=1S/C30H44N6O2/c1-29(2,3)20-31-25-12-11-24(32-28(25)35(6)34-38)22-13-15-30(4,5)26(17-22)33-27(37)19-36-16-14-21-9-7-8-10-23(21)18-36/h7-12,22,26,31H,13-20H2,1-6H3,(H,33,37). The van der Waals surface area contributed by atoms with Crippen LogP contribution >= 0.6 is 0 Å². The van der Waals surface area contributed by atoms with Gasteiger partial charge in [-0.3, -0.25) is 9.69 Å². The molecule has 2 aliphatic rings. The summed E-state index contributed by atoms with van der Waals surface area (Å²) in [6, 6.07) is 12.6. The summed E-state index contributed by atoms with van der Waals surface area (Å²) < 4.78 is 0. The van der Waals surface area contributed by atoms with Gasteiger partial charge in [-0.2, -0.15) is 0 Å². The molecule has 1 aromatic carbocycles. The molecule has 2 heterocycles.